The van der Waals surface area contributed by atoms with Gasteiger partial charge in [0.05, 0.1) is 20.1 Å². The average Bonchev–Trinajstić information content (AvgIpc) is 2.83. The van der Waals surface area contributed by atoms with Crippen molar-refractivity contribution in [2.75, 3.05) is 39.3 Å². The molecule has 0 bridgehead atoms. The number of carbonyl (C=O) groups excluding carboxylic acids is 2. The highest BCUT2D eigenvalue weighted by Crippen LogP contribution is 2.24. The molecule has 188 valence electrons. The van der Waals surface area contributed by atoms with E-state index in [0.29, 0.717) is 32.9 Å². The van der Waals surface area contributed by atoms with Gasteiger partial charge in [-0.15, -0.1) is 12.4 Å². The standard InChI is InChI=1S/C26H26Cl4N2O2.ClH/c27-23-7-3-19(17-25(23)29)1-5-21(33)9-11-31-13-15-32(16-14-31)12-10-22(34)6-2-20-4-8-24(28)26(30)18-20;/h1-8,17-18H,9-16H2;1H/b5-1+,6-2+;. The van der Waals surface area contributed by atoms with E-state index >= 15 is 0 Å². The minimum absolute atomic E-state index is 0. The van der Waals surface area contributed by atoms with Crippen LogP contribution in [0.4, 0.5) is 0 Å². The highest BCUT2D eigenvalue weighted by atomic mass is 35.5. The lowest BCUT2D eigenvalue weighted by Gasteiger charge is -2.34. The molecule has 0 unspecified atom stereocenters. The van der Waals surface area contributed by atoms with Crippen molar-refractivity contribution in [2.24, 2.45) is 0 Å². The number of benzene rings is 2. The lowest BCUT2D eigenvalue weighted by atomic mass is 10.1. The Balaban J connectivity index is 0.00000432. The van der Waals surface area contributed by atoms with Crippen molar-refractivity contribution >= 4 is 82.5 Å². The minimum atomic E-state index is 0. The predicted octanol–water partition coefficient (Wildman–Crippen LogP) is 6.98. The topological polar surface area (TPSA) is 40.6 Å². The maximum absolute atomic E-state index is 12.2. The summed E-state index contributed by atoms with van der Waals surface area (Å²) in [5.74, 6) is 0.153. The largest absolute Gasteiger partial charge is 0.300 e. The van der Waals surface area contributed by atoms with Gasteiger partial charge in [-0.05, 0) is 47.5 Å². The van der Waals surface area contributed by atoms with Gasteiger partial charge in [-0.25, -0.2) is 0 Å². The fourth-order valence-electron chi connectivity index (χ4n) is 3.55. The normalized spacial score (nSPS) is 15.0. The van der Waals surface area contributed by atoms with Gasteiger partial charge in [-0.2, -0.15) is 0 Å². The van der Waals surface area contributed by atoms with E-state index in [1.165, 1.54) is 0 Å². The van der Waals surface area contributed by atoms with Gasteiger partial charge in [-0.1, -0.05) is 70.7 Å². The van der Waals surface area contributed by atoms with Gasteiger partial charge in [0.2, 0.25) is 0 Å². The molecule has 9 heteroatoms. The van der Waals surface area contributed by atoms with Gasteiger partial charge in [0.1, 0.15) is 0 Å². The highest BCUT2D eigenvalue weighted by molar-refractivity contribution is 6.42. The Labute approximate surface area is 232 Å². The molecular formula is C26H27Cl5N2O2. The predicted molar refractivity (Wildman–Crippen MR) is 150 cm³/mol. The van der Waals surface area contributed by atoms with Crippen LogP contribution in [0.2, 0.25) is 20.1 Å². The summed E-state index contributed by atoms with van der Waals surface area (Å²) < 4.78 is 0. The summed E-state index contributed by atoms with van der Waals surface area (Å²) in [7, 11) is 0. The first-order chi connectivity index (χ1) is 16.3. The third-order valence-corrected chi connectivity index (χ3v) is 7.10. The molecule has 0 aliphatic carbocycles. The Kier molecular flexibility index (Phi) is 12.8. The monoisotopic (exact) mass is 574 g/mol. The fraction of sp³-hybridized carbons (Fsp3) is 0.308. The third-order valence-electron chi connectivity index (χ3n) is 5.62. The summed E-state index contributed by atoms with van der Waals surface area (Å²) in [5, 5.41) is 1.93. The van der Waals surface area contributed by atoms with Crippen LogP contribution in [0.25, 0.3) is 12.2 Å². The molecule has 35 heavy (non-hydrogen) atoms. The number of carbonyl (C=O) groups is 2. The van der Waals surface area contributed by atoms with Crippen LogP contribution in [0.15, 0.2) is 48.6 Å². The van der Waals surface area contributed by atoms with Gasteiger partial charge in [-0.3, -0.25) is 9.59 Å². The summed E-state index contributed by atoms with van der Waals surface area (Å²) in [6.45, 7) is 5.00. The number of piperazine rings is 1. The zero-order chi connectivity index (χ0) is 24.5. The Bertz CT molecular complexity index is 994. The zero-order valence-electron chi connectivity index (χ0n) is 19.1. The number of halogens is 5. The lowest BCUT2D eigenvalue weighted by Crippen LogP contribution is -2.47. The highest BCUT2D eigenvalue weighted by Gasteiger charge is 2.17. The Morgan fingerprint density at radius 3 is 1.37 bits per heavy atom. The van der Waals surface area contributed by atoms with Crippen molar-refractivity contribution in [3.63, 3.8) is 0 Å². The lowest BCUT2D eigenvalue weighted by molar-refractivity contribution is -0.116. The van der Waals surface area contributed by atoms with Crippen molar-refractivity contribution in [2.45, 2.75) is 12.8 Å². The first kappa shape index (κ1) is 29.9. The third kappa shape index (κ3) is 10.3. The molecular weight excluding hydrogens is 550 g/mol. The minimum Gasteiger partial charge on any atom is -0.300 e. The Hall–Kier alpha value is -1.37. The number of ketones is 2. The van der Waals surface area contributed by atoms with E-state index in [1.54, 1.807) is 48.6 Å². The Morgan fingerprint density at radius 1 is 0.657 bits per heavy atom. The van der Waals surface area contributed by atoms with E-state index < -0.39 is 0 Å². The van der Waals surface area contributed by atoms with Crippen LogP contribution in [0.3, 0.4) is 0 Å². The van der Waals surface area contributed by atoms with Crippen molar-refractivity contribution in [1.82, 2.24) is 9.80 Å². The van der Waals surface area contributed by atoms with E-state index in [1.807, 2.05) is 12.1 Å². The summed E-state index contributed by atoms with van der Waals surface area (Å²) in [6.07, 6.45) is 7.64. The molecule has 1 heterocycles. The molecule has 1 saturated heterocycles. The van der Waals surface area contributed by atoms with Crippen LogP contribution in [0, 0.1) is 0 Å². The SMILES string of the molecule is Cl.O=C(/C=C/c1ccc(Cl)c(Cl)c1)CCN1CCN(CCC(=O)/C=C/c2ccc(Cl)c(Cl)c2)CC1. The summed E-state index contributed by atoms with van der Waals surface area (Å²) >= 11 is 23.8. The van der Waals surface area contributed by atoms with Crippen LogP contribution >= 0.6 is 58.8 Å². The number of nitrogens with zero attached hydrogens (tertiary/aromatic N) is 2. The van der Waals surface area contributed by atoms with E-state index in [0.717, 1.165) is 50.4 Å². The molecule has 1 aliphatic rings. The smallest absolute Gasteiger partial charge is 0.156 e. The number of rotatable bonds is 10. The molecule has 0 atom stereocenters. The van der Waals surface area contributed by atoms with E-state index in [2.05, 4.69) is 9.80 Å². The summed E-state index contributed by atoms with van der Waals surface area (Å²) in [6, 6.07) is 10.6. The summed E-state index contributed by atoms with van der Waals surface area (Å²) in [5.41, 5.74) is 1.69. The average molecular weight is 577 g/mol. The summed E-state index contributed by atoms with van der Waals surface area (Å²) in [4.78, 5) is 29.0. The second kappa shape index (κ2) is 15.0. The molecule has 4 nitrogen and oxygen atoms in total. The van der Waals surface area contributed by atoms with Crippen molar-refractivity contribution < 1.29 is 9.59 Å². The van der Waals surface area contributed by atoms with Crippen molar-refractivity contribution in [3.05, 3.63) is 79.8 Å². The maximum Gasteiger partial charge on any atom is 0.156 e. The Morgan fingerprint density at radius 2 is 1.03 bits per heavy atom. The molecule has 0 radical (unpaired) electrons. The molecule has 1 fully saturated rings. The molecule has 0 saturated carbocycles. The van der Waals surface area contributed by atoms with E-state index in [4.69, 9.17) is 46.4 Å². The second-order valence-corrected chi connectivity index (χ2v) is 9.76. The van der Waals surface area contributed by atoms with Crippen LogP contribution in [-0.4, -0.2) is 60.6 Å². The number of hydrogen-bond acceptors (Lipinski definition) is 4. The van der Waals surface area contributed by atoms with Crippen molar-refractivity contribution in [3.8, 4) is 0 Å². The van der Waals surface area contributed by atoms with Gasteiger partial charge >= 0.3 is 0 Å². The van der Waals surface area contributed by atoms with Gasteiger partial charge in [0.15, 0.2) is 11.6 Å². The second-order valence-electron chi connectivity index (χ2n) is 8.13. The molecule has 2 aromatic rings. The van der Waals surface area contributed by atoms with Crippen LogP contribution in [0.1, 0.15) is 24.0 Å². The van der Waals surface area contributed by atoms with Gasteiger partial charge in [0.25, 0.3) is 0 Å². The van der Waals surface area contributed by atoms with Gasteiger partial charge < -0.3 is 9.80 Å². The number of hydrogen-bond donors (Lipinski definition) is 0. The van der Waals surface area contributed by atoms with Gasteiger partial charge in [0, 0.05) is 52.1 Å². The molecule has 0 N–H and O–H groups in total. The molecule has 1 aliphatic heterocycles. The zero-order valence-corrected chi connectivity index (χ0v) is 22.9. The molecule has 0 spiro atoms. The van der Waals surface area contributed by atoms with Crippen LogP contribution in [0.5, 0.6) is 0 Å². The maximum atomic E-state index is 12.2. The first-order valence-corrected chi connectivity index (χ1v) is 12.6. The quantitative estimate of drug-likeness (QED) is 0.286. The van der Waals surface area contributed by atoms with Crippen molar-refractivity contribution in [1.29, 1.82) is 0 Å². The first-order valence-electron chi connectivity index (χ1n) is 11.1. The molecule has 2 aromatic carbocycles. The van der Waals surface area contributed by atoms with Crippen LogP contribution < -0.4 is 0 Å². The fourth-order valence-corrected chi connectivity index (χ4v) is 4.16. The van der Waals surface area contributed by atoms with E-state index in [-0.39, 0.29) is 24.0 Å². The molecule has 3 rings (SSSR count). The molecule has 0 amide bonds. The number of allylic oxidation sites excluding steroid dienone is 2. The molecule has 0 aromatic heterocycles. The van der Waals surface area contributed by atoms with Crippen LogP contribution in [-0.2, 0) is 9.59 Å². The van der Waals surface area contributed by atoms with E-state index in [9.17, 15) is 9.59 Å².